The Morgan fingerprint density at radius 3 is 2.67 bits per heavy atom. The lowest BCUT2D eigenvalue weighted by atomic mass is 10.1. The van der Waals surface area contributed by atoms with Crippen molar-refractivity contribution in [3.63, 3.8) is 0 Å². The predicted molar refractivity (Wildman–Crippen MR) is 67.1 cm³/mol. The SMILES string of the molecule is COC(=O)CN(C(=O)CC[C@@H]1CCCO1)C(C)C. The molecule has 1 amide bonds. The molecule has 18 heavy (non-hydrogen) atoms. The van der Waals surface area contributed by atoms with Gasteiger partial charge in [0.15, 0.2) is 0 Å². The molecule has 1 saturated heterocycles. The first-order valence-electron chi connectivity index (χ1n) is 6.52. The molecule has 1 atom stereocenters. The van der Waals surface area contributed by atoms with Crippen molar-refractivity contribution < 1.29 is 19.1 Å². The van der Waals surface area contributed by atoms with Gasteiger partial charge >= 0.3 is 5.97 Å². The predicted octanol–water partition coefficient (Wildman–Crippen LogP) is 1.36. The van der Waals surface area contributed by atoms with Crippen LogP contribution in [0.1, 0.15) is 39.5 Å². The average Bonchev–Trinajstić information content (AvgIpc) is 2.85. The Kier molecular flexibility index (Phi) is 6.12. The van der Waals surface area contributed by atoms with Gasteiger partial charge in [0.1, 0.15) is 6.54 Å². The summed E-state index contributed by atoms with van der Waals surface area (Å²) in [5, 5.41) is 0. The highest BCUT2D eigenvalue weighted by Gasteiger charge is 2.23. The second-order valence-electron chi connectivity index (χ2n) is 4.87. The zero-order valence-electron chi connectivity index (χ0n) is 11.5. The van der Waals surface area contributed by atoms with Crippen molar-refractivity contribution in [2.24, 2.45) is 0 Å². The largest absolute Gasteiger partial charge is 0.468 e. The summed E-state index contributed by atoms with van der Waals surface area (Å²) in [6, 6.07) is 0.00102. The summed E-state index contributed by atoms with van der Waals surface area (Å²) in [4.78, 5) is 24.9. The number of esters is 1. The van der Waals surface area contributed by atoms with Crippen molar-refractivity contribution in [3.05, 3.63) is 0 Å². The highest BCUT2D eigenvalue weighted by molar-refractivity contribution is 5.82. The number of methoxy groups -OCH3 is 1. The molecule has 1 fully saturated rings. The van der Waals surface area contributed by atoms with Gasteiger partial charge in [-0.15, -0.1) is 0 Å². The smallest absolute Gasteiger partial charge is 0.325 e. The van der Waals surface area contributed by atoms with Crippen LogP contribution >= 0.6 is 0 Å². The number of hydrogen-bond acceptors (Lipinski definition) is 4. The first kappa shape index (κ1) is 15.0. The molecule has 0 spiro atoms. The van der Waals surface area contributed by atoms with Gasteiger partial charge in [0, 0.05) is 19.1 Å². The summed E-state index contributed by atoms with van der Waals surface area (Å²) >= 11 is 0. The normalized spacial score (nSPS) is 19.0. The first-order chi connectivity index (χ1) is 8.54. The van der Waals surface area contributed by atoms with E-state index in [2.05, 4.69) is 4.74 Å². The van der Waals surface area contributed by atoms with Crippen molar-refractivity contribution >= 4 is 11.9 Å². The fraction of sp³-hybridized carbons (Fsp3) is 0.846. The van der Waals surface area contributed by atoms with Crippen LogP contribution in [0.2, 0.25) is 0 Å². The Bertz CT molecular complexity index is 285. The molecule has 0 saturated carbocycles. The maximum atomic E-state index is 12.1. The lowest BCUT2D eigenvalue weighted by Gasteiger charge is -2.26. The van der Waals surface area contributed by atoms with E-state index in [4.69, 9.17) is 4.74 Å². The van der Waals surface area contributed by atoms with Gasteiger partial charge in [0.05, 0.1) is 13.2 Å². The fourth-order valence-corrected chi connectivity index (χ4v) is 2.06. The molecule has 0 aromatic heterocycles. The molecule has 0 aliphatic carbocycles. The van der Waals surface area contributed by atoms with Crippen molar-refractivity contribution in [1.82, 2.24) is 4.90 Å². The number of carbonyl (C=O) groups is 2. The van der Waals surface area contributed by atoms with Crippen LogP contribution in [-0.2, 0) is 19.1 Å². The Labute approximate surface area is 108 Å². The standard InChI is InChI=1S/C13H23NO4/c1-10(2)14(9-13(16)17-3)12(15)7-6-11-5-4-8-18-11/h10-11H,4-9H2,1-3H3/t11-/m0/s1. The quantitative estimate of drug-likeness (QED) is 0.674. The molecule has 104 valence electrons. The lowest BCUT2D eigenvalue weighted by Crippen LogP contribution is -2.41. The van der Waals surface area contributed by atoms with Crippen LogP contribution < -0.4 is 0 Å². The van der Waals surface area contributed by atoms with E-state index in [1.807, 2.05) is 13.8 Å². The summed E-state index contributed by atoms with van der Waals surface area (Å²) in [6.07, 6.45) is 3.49. The van der Waals surface area contributed by atoms with Crippen LogP contribution in [0.15, 0.2) is 0 Å². The van der Waals surface area contributed by atoms with Gasteiger partial charge in [-0.3, -0.25) is 9.59 Å². The van der Waals surface area contributed by atoms with Crippen molar-refractivity contribution in [1.29, 1.82) is 0 Å². The second-order valence-corrected chi connectivity index (χ2v) is 4.87. The Morgan fingerprint density at radius 2 is 2.17 bits per heavy atom. The third-order valence-corrected chi connectivity index (χ3v) is 3.17. The monoisotopic (exact) mass is 257 g/mol. The molecule has 0 N–H and O–H groups in total. The Morgan fingerprint density at radius 1 is 1.44 bits per heavy atom. The van der Waals surface area contributed by atoms with E-state index in [0.717, 1.165) is 25.9 Å². The third-order valence-electron chi connectivity index (χ3n) is 3.17. The van der Waals surface area contributed by atoms with Crippen LogP contribution in [-0.4, -0.2) is 49.2 Å². The third kappa shape index (κ3) is 4.64. The fourth-order valence-electron chi connectivity index (χ4n) is 2.06. The summed E-state index contributed by atoms with van der Waals surface area (Å²) < 4.78 is 10.1. The number of amides is 1. The average molecular weight is 257 g/mol. The molecule has 0 radical (unpaired) electrons. The molecular formula is C13H23NO4. The van der Waals surface area contributed by atoms with Crippen LogP contribution in [0.4, 0.5) is 0 Å². The van der Waals surface area contributed by atoms with E-state index >= 15 is 0 Å². The van der Waals surface area contributed by atoms with Crippen molar-refractivity contribution in [2.75, 3.05) is 20.3 Å². The topological polar surface area (TPSA) is 55.8 Å². The first-order valence-corrected chi connectivity index (χ1v) is 6.52. The molecule has 0 aromatic carbocycles. The highest BCUT2D eigenvalue weighted by Crippen LogP contribution is 2.17. The van der Waals surface area contributed by atoms with Gasteiger partial charge in [-0.2, -0.15) is 0 Å². The molecule has 1 heterocycles. The minimum Gasteiger partial charge on any atom is -0.468 e. The molecule has 1 rings (SSSR count). The maximum Gasteiger partial charge on any atom is 0.325 e. The molecule has 1 aliphatic heterocycles. The van der Waals surface area contributed by atoms with Crippen LogP contribution in [0.5, 0.6) is 0 Å². The van der Waals surface area contributed by atoms with E-state index in [1.165, 1.54) is 7.11 Å². The summed E-state index contributed by atoms with van der Waals surface area (Å²) in [5.74, 6) is -0.389. The summed E-state index contributed by atoms with van der Waals surface area (Å²) in [5.41, 5.74) is 0. The van der Waals surface area contributed by atoms with E-state index in [1.54, 1.807) is 4.90 Å². The van der Waals surface area contributed by atoms with E-state index in [-0.39, 0.29) is 30.6 Å². The highest BCUT2D eigenvalue weighted by atomic mass is 16.5. The minimum absolute atomic E-state index is 0.00102. The van der Waals surface area contributed by atoms with E-state index in [0.29, 0.717) is 6.42 Å². The zero-order chi connectivity index (χ0) is 13.5. The lowest BCUT2D eigenvalue weighted by molar-refractivity contribution is -0.148. The molecule has 0 aromatic rings. The van der Waals surface area contributed by atoms with Gasteiger partial charge in [-0.25, -0.2) is 0 Å². The molecule has 1 aliphatic rings. The summed E-state index contributed by atoms with van der Waals surface area (Å²) in [7, 11) is 1.33. The Balaban J connectivity index is 2.40. The maximum absolute atomic E-state index is 12.1. The van der Waals surface area contributed by atoms with E-state index < -0.39 is 0 Å². The van der Waals surface area contributed by atoms with Gasteiger partial charge < -0.3 is 14.4 Å². The Hall–Kier alpha value is -1.10. The van der Waals surface area contributed by atoms with Crippen molar-refractivity contribution in [2.45, 2.75) is 51.7 Å². The van der Waals surface area contributed by atoms with Crippen LogP contribution in [0.3, 0.4) is 0 Å². The van der Waals surface area contributed by atoms with Gasteiger partial charge in [0.25, 0.3) is 0 Å². The van der Waals surface area contributed by atoms with Crippen molar-refractivity contribution in [3.8, 4) is 0 Å². The van der Waals surface area contributed by atoms with Crippen LogP contribution in [0.25, 0.3) is 0 Å². The van der Waals surface area contributed by atoms with Gasteiger partial charge in [0.2, 0.25) is 5.91 Å². The number of nitrogens with zero attached hydrogens (tertiary/aromatic N) is 1. The zero-order valence-corrected chi connectivity index (χ0v) is 11.5. The second kappa shape index (κ2) is 7.36. The molecule has 5 nitrogen and oxygen atoms in total. The molecular weight excluding hydrogens is 234 g/mol. The van der Waals surface area contributed by atoms with E-state index in [9.17, 15) is 9.59 Å². The summed E-state index contributed by atoms with van der Waals surface area (Å²) in [6.45, 7) is 4.62. The molecule has 0 bridgehead atoms. The number of carbonyl (C=O) groups excluding carboxylic acids is 2. The minimum atomic E-state index is -0.380. The van der Waals surface area contributed by atoms with Crippen LogP contribution in [0, 0.1) is 0 Å². The number of hydrogen-bond donors (Lipinski definition) is 0. The number of ether oxygens (including phenoxy) is 2. The van der Waals surface area contributed by atoms with Gasteiger partial charge in [-0.1, -0.05) is 0 Å². The molecule has 5 heteroatoms. The molecule has 0 unspecified atom stereocenters. The number of rotatable bonds is 6. The van der Waals surface area contributed by atoms with Gasteiger partial charge in [-0.05, 0) is 33.1 Å².